The van der Waals surface area contributed by atoms with Crippen LogP contribution in [0.25, 0.3) is 11.0 Å². The van der Waals surface area contributed by atoms with E-state index in [0.717, 1.165) is 18.1 Å². The van der Waals surface area contributed by atoms with Gasteiger partial charge in [0.25, 0.3) is 0 Å². The second-order valence-corrected chi connectivity index (χ2v) is 5.89. The number of amides is 1. The molecule has 1 aliphatic heterocycles. The number of benzene rings is 1. The SMILES string of the molecule is O=C(Nc1ccc2[nH]c(=O)c(=O)[nH]c2c1)C1CSCCN1. The topological polar surface area (TPSA) is 107 Å². The third-order valence-corrected chi connectivity index (χ3v) is 4.29. The van der Waals surface area contributed by atoms with Crippen molar-refractivity contribution < 1.29 is 4.79 Å². The lowest BCUT2D eigenvalue weighted by molar-refractivity contribution is -0.117. The Kier molecular flexibility index (Phi) is 3.80. The lowest BCUT2D eigenvalue weighted by Crippen LogP contribution is -2.46. The number of nitrogens with one attached hydrogen (secondary N) is 4. The molecule has 0 aliphatic carbocycles. The zero-order chi connectivity index (χ0) is 14.8. The molecular weight excluding hydrogens is 292 g/mol. The van der Waals surface area contributed by atoms with Crippen LogP contribution in [0.2, 0.25) is 0 Å². The predicted molar refractivity (Wildman–Crippen MR) is 82.9 cm³/mol. The average molecular weight is 306 g/mol. The molecule has 1 fully saturated rings. The Hall–Kier alpha value is -2.06. The first-order chi connectivity index (χ1) is 10.1. The van der Waals surface area contributed by atoms with Gasteiger partial charge >= 0.3 is 11.1 Å². The fourth-order valence-corrected chi connectivity index (χ4v) is 3.09. The van der Waals surface area contributed by atoms with E-state index >= 15 is 0 Å². The van der Waals surface area contributed by atoms with Crippen molar-refractivity contribution in [2.75, 3.05) is 23.4 Å². The van der Waals surface area contributed by atoms with Crippen LogP contribution in [0.3, 0.4) is 0 Å². The lowest BCUT2D eigenvalue weighted by Gasteiger charge is -2.22. The molecule has 1 atom stereocenters. The fraction of sp³-hybridized carbons (Fsp3) is 0.308. The predicted octanol–water partition coefficient (Wildman–Crippen LogP) is -0.140. The summed E-state index contributed by atoms with van der Waals surface area (Å²) in [5.41, 5.74) is 0.166. The molecule has 0 radical (unpaired) electrons. The molecule has 4 N–H and O–H groups in total. The Labute approximate surface area is 123 Å². The minimum absolute atomic E-state index is 0.103. The summed E-state index contributed by atoms with van der Waals surface area (Å²) in [4.78, 5) is 39.6. The molecule has 0 bridgehead atoms. The lowest BCUT2D eigenvalue weighted by atomic mass is 10.2. The van der Waals surface area contributed by atoms with Gasteiger partial charge in [-0.1, -0.05) is 0 Å². The maximum absolute atomic E-state index is 12.1. The molecule has 2 aromatic rings. The van der Waals surface area contributed by atoms with Gasteiger partial charge < -0.3 is 20.6 Å². The van der Waals surface area contributed by atoms with E-state index in [9.17, 15) is 14.4 Å². The van der Waals surface area contributed by atoms with Gasteiger partial charge in [0.1, 0.15) is 0 Å². The Morgan fingerprint density at radius 1 is 1.19 bits per heavy atom. The van der Waals surface area contributed by atoms with Crippen LogP contribution in [0.15, 0.2) is 27.8 Å². The summed E-state index contributed by atoms with van der Waals surface area (Å²) in [6, 6.07) is 4.74. The highest BCUT2D eigenvalue weighted by Crippen LogP contribution is 2.15. The van der Waals surface area contributed by atoms with E-state index in [2.05, 4.69) is 20.6 Å². The molecule has 0 spiro atoms. The zero-order valence-corrected chi connectivity index (χ0v) is 11.9. The summed E-state index contributed by atoms with van der Waals surface area (Å²) in [6.07, 6.45) is 0. The Balaban J connectivity index is 1.84. The molecule has 7 nitrogen and oxygen atoms in total. The standard InChI is InChI=1S/C13H14N4O3S/c18-11(10-6-21-4-3-14-10)15-7-1-2-8-9(5-7)17-13(20)12(19)16-8/h1-2,5,10,14H,3-4,6H2,(H,15,18)(H,16,19)(H,17,20). The van der Waals surface area contributed by atoms with E-state index in [0.29, 0.717) is 16.7 Å². The molecule has 1 unspecified atom stereocenters. The number of carbonyl (C=O) groups is 1. The number of aromatic amines is 2. The summed E-state index contributed by atoms with van der Waals surface area (Å²) in [5, 5.41) is 5.96. The molecule has 110 valence electrons. The summed E-state index contributed by atoms with van der Waals surface area (Å²) in [7, 11) is 0. The monoisotopic (exact) mass is 306 g/mol. The Bertz CT molecular complexity index is 792. The molecule has 1 amide bonds. The first kappa shape index (κ1) is 13.9. The van der Waals surface area contributed by atoms with Crippen LogP contribution in [0, 0.1) is 0 Å². The molecule has 1 aromatic carbocycles. The van der Waals surface area contributed by atoms with Gasteiger partial charge in [0.15, 0.2) is 0 Å². The molecule has 2 heterocycles. The van der Waals surface area contributed by atoms with Gasteiger partial charge in [-0.15, -0.1) is 0 Å². The average Bonchev–Trinajstić information content (AvgIpc) is 2.49. The molecule has 0 saturated carbocycles. The van der Waals surface area contributed by atoms with Crippen LogP contribution in [0.4, 0.5) is 5.69 Å². The van der Waals surface area contributed by atoms with Crippen molar-refractivity contribution in [1.29, 1.82) is 0 Å². The quantitative estimate of drug-likeness (QED) is 0.578. The summed E-state index contributed by atoms with van der Waals surface area (Å²) >= 11 is 1.74. The molecule has 1 aliphatic rings. The van der Waals surface area contributed by atoms with Gasteiger partial charge in [-0.05, 0) is 18.2 Å². The number of hydrogen-bond donors (Lipinski definition) is 4. The number of thioether (sulfide) groups is 1. The highest BCUT2D eigenvalue weighted by molar-refractivity contribution is 7.99. The molecule has 1 saturated heterocycles. The van der Waals surface area contributed by atoms with Crippen LogP contribution >= 0.6 is 11.8 Å². The number of anilines is 1. The third kappa shape index (κ3) is 3.01. The van der Waals surface area contributed by atoms with E-state index in [4.69, 9.17) is 0 Å². The highest BCUT2D eigenvalue weighted by Gasteiger charge is 2.20. The number of fused-ring (bicyclic) bond motifs is 1. The van der Waals surface area contributed by atoms with E-state index in [1.165, 1.54) is 0 Å². The highest BCUT2D eigenvalue weighted by atomic mass is 32.2. The van der Waals surface area contributed by atoms with Gasteiger partial charge in [0.2, 0.25) is 5.91 Å². The van der Waals surface area contributed by atoms with Crippen molar-refractivity contribution in [2.45, 2.75) is 6.04 Å². The molecule has 8 heteroatoms. The van der Waals surface area contributed by atoms with E-state index in [1.54, 1.807) is 30.0 Å². The second-order valence-electron chi connectivity index (χ2n) is 4.74. The number of hydrogen-bond acceptors (Lipinski definition) is 5. The van der Waals surface area contributed by atoms with Crippen LogP contribution in [-0.2, 0) is 4.79 Å². The van der Waals surface area contributed by atoms with Crippen LogP contribution < -0.4 is 21.8 Å². The molecule has 3 rings (SSSR count). The Morgan fingerprint density at radius 3 is 2.67 bits per heavy atom. The van der Waals surface area contributed by atoms with Crippen molar-refractivity contribution in [1.82, 2.24) is 15.3 Å². The molecule has 21 heavy (non-hydrogen) atoms. The van der Waals surface area contributed by atoms with Crippen LogP contribution in [0.5, 0.6) is 0 Å². The number of rotatable bonds is 2. The van der Waals surface area contributed by atoms with E-state index < -0.39 is 11.1 Å². The number of carbonyl (C=O) groups excluding carboxylic acids is 1. The summed E-state index contributed by atoms with van der Waals surface area (Å²) in [6.45, 7) is 0.815. The fourth-order valence-electron chi connectivity index (χ4n) is 2.16. The maximum Gasteiger partial charge on any atom is 0.314 e. The largest absolute Gasteiger partial charge is 0.325 e. The smallest absolute Gasteiger partial charge is 0.314 e. The molecular formula is C13H14N4O3S. The first-order valence-electron chi connectivity index (χ1n) is 6.52. The minimum Gasteiger partial charge on any atom is -0.325 e. The number of H-pyrrole nitrogens is 2. The maximum atomic E-state index is 12.1. The van der Waals surface area contributed by atoms with Crippen LogP contribution in [-0.4, -0.2) is 40.0 Å². The van der Waals surface area contributed by atoms with Crippen molar-refractivity contribution in [2.24, 2.45) is 0 Å². The summed E-state index contributed by atoms with van der Waals surface area (Å²) in [5.74, 6) is 1.64. The molecule has 1 aromatic heterocycles. The minimum atomic E-state index is -0.712. The van der Waals surface area contributed by atoms with Crippen molar-refractivity contribution in [3.05, 3.63) is 38.9 Å². The van der Waals surface area contributed by atoms with Gasteiger partial charge in [0, 0.05) is 23.7 Å². The van der Waals surface area contributed by atoms with Gasteiger partial charge in [-0.25, -0.2) is 0 Å². The van der Waals surface area contributed by atoms with Crippen molar-refractivity contribution in [3.8, 4) is 0 Å². The number of aromatic nitrogens is 2. The second kappa shape index (κ2) is 5.74. The van der Waals surface area contributed by atoms with Crippen molar-refractivity contribution in [3.63, 3.8) is 0 Å². The Morgan fingerprint density at radius 2 is 1.95 bits per heavy atom. The van der Waals surface area contributed by atoms with Gasteiger partial charge in [0.05, 0.1) is 17.1 Å². The van der Waals surface area contributed by atoms with E-state index in [1.807, 2.05) is 0 Å². The zero-order valence-electron chi connectivity index (χ0n) is 11.1. The first-order valence-corrected chi connectivity index (χ1v) is 7.67. The van der Waals surface area contributed by atoms with Gasteiger partial charge in [-0.3, -0.25) is 14.4 Å². The van der Waals surface area contributed by atoms with Crippen LogP contribution in [0.1, 0.15) is 0 Å². The normalized spacial score (nSPS) is 18.6. The van der Waals surface area contributed by atoms with E-state index in [-0.39, 0.29) is 11.9 Å². The van der Waals surface area contributed by atoms with Gasteiger partial charge in [-0.2, -0.15) is 11.8 Å². The third-order valence-electron chi connectivity index (χ3n) is 3.23. The van der Waals surface area contributed by atoms with Crippen molar-refractivity contribution >= 4 is 34.4 Å². The summed E-state index contributed by atoms with van der Waals surface area (Å²) < 4.78 is 0.